The number of benzene rings is 2. The SMILES string of the molecule is CO[C@H]1C[C@@H]2CC[C@@H](C)[C@@](O)(O2)C(=O)C(=O)N2CCCC[C@H]2C(=O)O[C@H]([C@H](C)C[C@@H]2CC[C@@H](OC(=O)N3CCN(CCOCCOCCOCCOCCOCCOCCC(=O)N4CCc5cc(Cn6nc(-c7ccc8oc(N)nc8c7)c7cncnc76)ccc5C4)CC3)[C@H](OC)C2)C[C@@H](O)[C@H](C)/C=C(\C)[C@@H](O)[C@@H](OC)C(=O)[C@H](C)C[C@H](C)/C=C/C=C/C=C/1C. The first-order valence-corrected chi connectivity index (χ1v) is 44.8. The van der Waals surface area contributed by atoms with Gasteiger partial charge in [0.05, 0.1) is 122 Å². The van der Waals surface area contributed by atoms with E-state index in [1.54, 1.807) is 52.2 Å². The minimum absolute atomic E-state index is 0.00379. The number of allylic oxidation sites excluding steroid dienone is 5. The standard InChI is InChI=1S/C93H134N10O22/c1-60-16-12-11-13-17-61(2)79(113-8)54-72-24-19-66(7)93(112,125-72)87(108)89(109)102-29-15-14-18-75(102)90(110)122-80(55-76(104)62(3)49-65(6)85(107)86(115-10)84(106)64(5)48-60)63(4)50-67-21-25-78(81(52-67)114-9)124-92(111)100-33-31-99(32-34-100)35-37-117-39-41-119-43-45-121-47-46-120-44-42-118-40-38-116-36-28-82(105)101-30-27-69-51-68(20-22-71(69)58-101)57-103-88-73(56-95-59-96-88)83(98-103)70-23-26-77-74(53-70)97-91(94)123-77/h11-13,16-17,20,22-23,26,49,51,53,56,59-60,62-64,66-67,72,75-76,78-81,85-86,104,107,112H,14-15,18-19,21,24-25,27-48,50,52,54-55,57-58H2,1-10H3,(H2,94,97)/b13-11+,16-12+,61-17+,65-49+/t60-,62-,63-,64-,66-,67+,72+,75+,76-,78-,79+,80+,81-,85-,86+,93-/m1/s1. The number of aliphatic hydroxyl groups is 3. The van der Waals surface area contributed by atoms with Gasteiger partial charge in [-0.15, -0.1) is 0 Å². The maximum Gasteiger partial charge on any atom is 0.410 e. The van der Waals surface area contributed by atoms with E-state index >= 15 is 0 Å². The minimum Gasteiger partial charge on any atom is -0.460 e. The van der Waals surface area contributed by atoms with Crippen LogP contribution in [0.15, 0.2) is 101 Å². The third-order valence-corrected chi connectivity index (χ3v) is 25.4. The van der Waals surface area contributed by atoms with Gasteiger partial charge in [-0.1, -0.05) is 89.3 Å². The Morgan fingerprint density at radius 2 is 1.42 bits per heavy atom. The number of carbonyl (C=O) groups excluding carboxylic acids is 6. The number of Topliss-reactive ketones (excluding diaryl/α,β-unsaturated/α-hetero) is 2. The third kappa shape index (κ3) is 27.1. The molecule has 3 amide bonds. The van der Waals surface area contributed by atoms with Gasteiger partial charge in [-0.2, -0.15) is 10.1 Å². The molecule has 2 bridgehead atoms. The number of nitrogens with zero attached hydrogens (tertiary/aromatic N) is 9. The number of fused-ring (bicyclic) bond motifs is 6. The van der Waals surface area contributed by atoms with E-state index in [1.807, 2.05) is 85.9 Å². The highest BCUT2D eigenvalue weighted by molar-refractivity contribution is 6.39. The van der Waals surface area contributed by atoms with Crippen molar-refractivity contribution in [1.29, 1.82) is 0 Å². The van der Waals surface area contributed by atoms with Crippen LogP contribution >= 0.6 is 0 Å². The topological polar surface area (TPSA) is 382 Å². The van der Waals surface area contributed by atoms with Gasteiger partial charge in [-0.05, 0) is 148 Å². The van der Waals surface area contributed by atoms with Gasteiger partial charge in [-0.3, -0.25) is 24.1 Å². The number of methoxy groups -OCH3 is 3. The molecule has 5 aromatic rings. The Kier molecular flexibility index (Phi) is 37.5. The van der Waals surface area contributed by atoms with Gasteiger partial charge < -0.3 is 97.0 Å². The monoisotopic (exact) mass is 1740 g/mol. The number of aliphatic hydroxyl groups excluding tert-OH is 2. The predicted molar refractivity (Wildman–Crippen MR) is 465 cm³/mol. The molecule has 3 saturated heterocycles. The molecular formula is C93H134N10O22. The van der Waals surface area contributed by atoms with Crippen LogP contribution in [0.3, 0.4) is 0 Å². The number of nitrogens with two attached hydrogens (primary N) is 1. The molecule has 0 unspecified atom stereocenters. The van der Waals surface area contributed by atoms with Crippen molar-refractivity contribution in [2.24, 2.45) is 35.5 Å². The number of piperidine rings is 1. The summed E-state index contributed by atoms with van der Waals surface area (Å²) in [4.78, 5) is 105. The van der Waals surface area contributed by atoms with Crippen LogP contribution in [-0.4, -0.2) is 302 Å². The summed E-state index contributed by atoms with van der Waals surface area (Å²) >= 11 is 0. The summed E-state index contributed by atoms with van der Waals surface area (Å²) < 4.78 is 78.2. The summed E-state index contributed by atoms with van der Waals surface area (Å²) in [5.74, 6) is -7.77. The molecule has 3 aromatic heterocycles. The number of cyclic esters (lactones) is 1. The first kappa shape index (κ1) is 97.3. The zero-order valence-corrected chi connectivity index (χ0v) is 74.7. The molecule has 2 aromatic carbocycles. The number of rotatable bonds is 31. The van der Waals surface area contributed by atoms with E-state index in [0.717, 1.165) is 45.4 Å². The Labute approximate surface area is 734 Å². The summed E-state index contributed by atoms with van der Waals surface area (Å²) in [6, 6.07) is 11.0. The molecule has 8 heterocycles. The molecule has 1 aliphatic carbocycles. The molecule has 5 aliphatic heterocycles. The molecule has 16 atom stereocenters. The molecule has 32 heteroatoms. The Hall–Kier alpha value is -8.32. The molecule has 125 heavy (non-hydrogen) atoms. The quantitative estimate of drug-likeness (QED) is 0.0139. The van der Waals surface area contributed by atoms with Crippen molar-refractivity contribution in [2.75, 3.05) is 152 Å². The van der Waals surface area contributed by atoms with Gasteiger partial charge in [0.2, 0.25) is 11.7 Å². The van der Waals surface area contributed by atoms with E-state index in [-0.39, 0.29) is 61.3 Å². The van der Waals surface area contributed by atoms with Gasteiger partial charge in [0.25, 0.3) is 17.7 Å². The minimum atomic E-state index is -2.47. The Balaban J connectivity index is 0.543. The van der Waals surface area contributed by atoms with E-state index < -0.39 is 102 Å². The fourth-order valence-electron chi connectivity index (χ4n) is 17.9. The molecule has 0 radical (unpaired) electrons. The largest absolute Gasteiger partial charge is 0.460 e. The van der Waals surface area contributed by atoms with E-state index in [9.17, 15) is 44.1 Å². The fourth-order valence-corrected chi connectivity index (χ4v) is 17.9. The fraction of sp³-hybridized carbons (Fsp3) is 0.656. The number of ketones is 2. The highest BCUT2D eigenvalue weighted by atomic mass is 16.6. The predicted octanol–water partition coefficient (Wildman–Crippen LogP) is 9.39. The number of oxazole rings is 1. The molecular weight excluding hydrogens is 1610 g/mol. The number of anilines is 1. The maximum absolute atomic E-state index is 14.8. The van der Waals surface area contributed by atoms with Gasteiger partial charge in [0, 0.05) is 116 Å². The van der Waals surface area contributed by atoms with Crippen molar-refractivity contribution in [3.8, 4) is 11.3 Å². The number of hydrogen-bond acceptors (Lipinski definition) is 28. The average Bonchev–Trinajstić information content (AvgIpc) is 1.75. The number of piperazine rings is 1. The van der Waals surface area contributed by atoms with Crippen LogP contribution in [0.1, 0.15) is 149 Å². The van der Waals surface area contributed by atoms with Gasteiger partial charge >= 0.3 is 12.1 Å². The zero-order chi connectivity index (χ0) is 89.1. The Bertz CT molecular complexity index is 4450. The number of aromatic nitrogens is 5. The number of carbonyl (C=O) groups is 6. The third-order valence-electron chi connectivity index (χ3n) is 25.4. The van der Waals surface area contributed by atoms with Crippen molar-refractivity contribution in [2.45, 2.75) is 212 Å². The second-order valence-electron chi connectivity index (χ2n) is 34.6. The lowest BCUT2D eigenvalue weighted by Gasteiger charge is -2.43. The smallest absolute Gasteiger partial charge is 0.410 e. The van der Waals surface area contributed by atoms with Gasteiger partial charge in [-0.25, -0.2) is 24.2 Å². The van der Waals surface area contributed by atoms with Crippen LogP contribution in [0.25, 0.3) is 33.4 Å². The molecule has 5 N–H and O–H groups in total. The van der Waals surface area contributed by atoms with Crippen LogP contribution in [0.4, 0.5) is 10.8 Å². The summed E-state index contributed by atoms with van der Waals surface area (Å²) in [5, 5.41) is 41.8. The lowest BCUT2D eigenvalue weighted by molar-refractivity contribution is -0.265. The number of hydrogen-bond donors (Lipinski definition) is 4. The van der Waals surface area contributed by atoms with E-state index in [2.05, 4.69) is 38.1 Å². The Morgan fingerprint density at radius 3 is 2.13 bits per heavy atom. The second-order valence-corrected chi connectivity index (χ2v) is 34.6. The van der Waals surface area contributed by atoms with Crippen LogP contribution in [0.2, 0.25) is 0 Å². The summed E-state index contributed by atoms with van der Waals surface area (Å²) in [5.41, 5.74) is 14.1. The van der Waals surface area contributed by atoms with Crippen molar-refractivity contribution in [3.05, 3.63) is 113 Å². The lowest BCUT2D eigenvalue weighted by Crippen LogP contribution is -2.61. The zero-order valence-electron chi connectivity index (χ0n) is 74.7. The summed E-state index contributed by atoms with van der Waals surface area (Å²) in [6.07, 6.45) is 13.8. The molecule has 688 valence electrons. The lowest BCUT2D eigenvalue weighted by atomic mass is 9.78. The van der Waals surface area contributed by atoms with Crippen LogP contribution in [0, 0.1) is 35.5 Å². The molecule has 32 nitrogen and oxygen atoms in total. The first-order chi connectivity index (χ1) is 60.3. The van der Waals surface area contributed by atoms with Crippen LogP contribution in [-0.2, 0) is 100 Å². The molecule has 4 fully saturated rings. The average molecular weight is 1740 g/mol. The molecule has 1 saturated carbocycles. The van der Waals surface area contributed by atoms with Crippen LogP contribution in [0.5, 0.6) is 0 Å². The van der Waals surface area contributed by atoms with E-state index in [1.165, 1.54) is 23.9 Å². The normalized spacial score (nSPS) is 28.8. The summed E-state index contributed by atoms with van der Waals surface area (Å²) in [7, 11) is 4.57. The highest BCUT2D eigenvalue weighted by Crippen LogP contribution is 2.40. The van der Waals surface area contributed by atoms with Crippen molar-refractivity contribution < 1.29 is 105 Å². The molecule has 0 spiro atoms. The second kappa shape index (κ2) is 48.2. The van der Waals surface area contributed by atoms with E-state index in [4.69, 9.17) is 72.1 Å². The molecule has 6 aliphatic rings. The van der Waals surface area contributed by atoms with Gasteiger partial charge in [0.15, 0.2) is 17.0 Å². The number of ether oxygens (including phenoxy) is 12. The van der Waals surface area contributed by atoms with Crippen molar-refractivity contribution in [3.63, 3.8) is 0 Å². The highest BCUT2D eigenvalue weighted by Gasteiger charge is 2.53. The maximum atomic E-state index is 14.8. The Morgan fingerprint density at radius 1 is 0.712 bits per heavy atom. The number of esters is 1. The summed E-state index contributed by atoms with van der Waals surface area (Å²) in [6.45, 7) is 22.5. The van der Waals surface area contributed by atoms with Crippen molar-refractivity contribution in [1.82, 2.24) is 44.3 Å². The van der Waals surface area contributed by atoms with Crippen LogP contribution < -0.4 is 5.73 Å². The number of nitrogen functional groups attached to an aromatic ring is 1. The van der Waals surface area contributed by atoms with Crippen molar-refractivity contribution >= 4 is 63.6 Å². The van der Waals surface area contributed by atoms with E-state index in [0.29, 0.717) is 213 Å². The molecule has 11 rings (SSSR count). The van der Waals surface area contributed by atoms with Gasteiger partial charge in [0.1, 0.15) is 48.0 Å². The number of amides is 3. The first-order valence-electron chi connectivity index (χ1n) is 44.8.